The van der Waals surface area contributed by atoms with Gasteiger partial charge in [-0.25, -0.2) is 0 Å². The van der Waals surface area contributed by atoms with Crippen LogP contribution < -0.4 is 10.5 Å². The van der Waals surface area contributed by atoms with Crippen molar-refractivity contribution in [3.63, 3.8) is 0 Å². The van der Waals surface area contributed by atoms with Crippen LogP contribution in [0.25, 0.3) is 0 Å². The molecule has 5 heteroatoms. The second-order valence-electron chi connectivity index (χ2n) is 5.71. The molecule has 1 aromatic heterocycles. The van der Waals surface area contributed by atoms with E-state index in [1.165, 1.54) is 0 Å². The molecule has 1 heterocycles. The van der Waals surface area contributed by atoms with Crippen molar-refractivity contribution in [2.45, 2.75) is 40.2 Å². The van der Waals surface area contributed by atoms with Crippen molar-refractivity contribution in [1.82, 2.24) is 9.78 Å². The van der Waals surface area contributed by atoms with Crippen molar-refractivity contribution in [3.8, 4) is 17.6 Å². The normalized spacial score (nSPS) is 10.8. The first kappa shape index (κ1) is 16.1. The van der Waals surface area contributed by atoms with Gasteiger partial charge in [-0.3, -0.25) is 4.68 Å². The van der Waals surface area contributed by atoms with E-state index in [2.05, 4.69) is 25.0 Å². The Balaban J connectivity index is 2.44. The Morgan fingerprint density at radius 1 is 1.32 bits per heavy atom. The summed E-state index contributed by atoms with van der Waals surface area (Å²) in [5, 5.41) is 13.7. The number of benzene rings is 1. The molecule has 0 saturated heterocycles. The van der Waals surface area contributed by atoms with Crippen LogP contribution in [-0.4, -0.2) is 16.3 Å². The van der Waals surface area contributed by atoms with Gasteiger partial charge in [0.2, 0.25) is 0 Å². The maximum absolute atomic E-state index is 9.09. The maximum atomic E-state index is 9.09. The maximum Gasteiger partial charge on any atom is 0.171 e. The lowest BCUT2D eigenvalue weighted by Crippen LogP contribution is -2.12. The summed E-state index contributed by atoms with van der Waals surface area (Å²) in [5.41, 5.74) is 9.08. The third kappa shape index (κ3) is 3.29. The zero-order valence-corrected chi connectivity index (χ0v) is 13.6. The van der Waals surface area contributed by atoms with E-state index < -0.39 is 0 Å². The average molecular weight is 298 g/mol. The molecule has 2 rings (SSSR count). The summed E-state index contributed by atoms with van der Waals surface area (Å²) in [7, 11) is 0. The van der Waals surface area contributed by atoms with Gasteiger partial charge in [-0.05, 0) is 37.6 Å². The standard InChI is InChI=1S/C17H22N4O/c1-11(2)16-17(13(4)21(20-16)6-5-18)22-15-8-12(3)7-14(9-15)10-19/h7-9,11H,5-6,18H2,1-4H3. The third-order valence-electron chi connectivity index (χ3n) is 3.46. The van der Waals surface area contributed by atoms with E-state index in [0.717, 1.165) is 22.7 Å². The molecule has 5 nitrogen and oxygen atoms in total. The van der Waals surface area contributed by atoms with Crippen molar-refractivity contribution in [2.75, 3.05) is 6.54 Å². The zero-order chi connectivity index (χ0) is 16.3. The predicted octanol–water partition coefficient (Wildman–Crippen LogP) is 3.25. The molecule has 0 amide bonds. The summed E-state index contributed by atoms with van der Waals surface area (Å²) in [5.74, 6) is 1.67. The lowest BCUT2D eigenvalue weighted by molar-refractivity contribution is 0.467. The smallest absolute Gasteiger partial charge is 0.171 e. The van der Waals surface area contributed by atoms with Crippen LogP contribution in [0.1, 0.15) is 42.3 Å². The molecule has 0 saturated carbocycles. The molecule has 0 atom stereocenters. The number of ether oxygens (including phenoxy) is 1. The second-order valence-corrected chi connectivity index (χ2v) is 5.71. The highest BCUT2D eigenvalue weighted by Crippen LogP contribution is 2.33. The summed E-state index contributed by atoms with van der Waals surface area (Å²) < 4.78 is 7.96. The van der Waals surface area contributed by atoms with Crippen molar-refractivity contribution in [2.24, 2.45) is 5.73 Å². The van der Waals surface area contributed by atoms with Gasteiger partial charge in [-0.15, -0.1) is 0 Å². The molecule has 0 aliphatic carbocycles. The SMILES string of the molecule is Cc1cc(C#N)cc(Oc2c(C(C)C)nn(CCN)c2C)c1. The number of nitrogens with zero attached hydrogens (tertiary/aromatic N) is 3. The number of hydrogen-bond donors (Lipinski definition) is 1. The second kappa shape index (κ2) is 6.63. The summed E-state index contributed by atoms with van der Waals surface area (Å²) in [6, 6.07) is 7.66. The number of nitriles is 1. The Bertz CT molecular complexity index is 710. The molecule has 0 bridgehead atoms. The van der Waals surface area contributed by atoms with Crippen LogP contribution in [0.5, 0.6) is 11.5 Å². The monoisotopic (exact) mass is 298 g/mol. The largest absolute Gasteiger partial charge is 0.453 e. The van der Waals surface area contributed by atoms with Gasteiger partial charge in [0.05, 0.1) is 23.9 Å². The molecule has 1 aromatic carbocycles. The number of rotatable bonds is 5. The van der Waals surface area contributed by atoms with Gasteiger partial charge >= 0.3 is 0 Å². The van der Waals surface area contributed by atoms with Gasteiger partial charge in [0.15, 0.2) is 5.75 Å². The number of nitrogens with two attached hydrogens (primary N) is 1. The molecule has 0 spiro atoms. The number of hydrogen-bond acceptors (Lipinski definition) is 4. The molecule has 0 aliphatic heterocycles. The third-order valence-corrected chi connectivity index (χ3v) is 3.46. The summed E-state index contributed by atoms with van der Waals surface area (Å²) in [4.78, 5) is 0. The first-order valence-electron chi connectivity index (χ1n) is 7.43. The van der Waals surface area contributed by atoms with Gasteiger partial charge in [0, 0.05) is 12.5 Å². The van der Waals surface area contributed by atoms with E-state index in [0.29, 0.717) is 24.4 Å². The van der Waals surface area contributed by atoms with Gasteiger partial charge in [-0.2, -0.15) is 10.4 Å². The molecule has 0 fully saturated rings. The number of aryl methyl sites for hydroxylation is 1. The summed E-state index contributed by atoms with van der Waals surface area (Å²) in [6.07, 6.45) is 0. The lowest BCUT2D eigenvalue weighted by Gasteiger charge is -2.10. The van der Waals surface area contributed by atoms with Crippen molar-refractivity contribution in [1.29, 1.82) is 5.26 Å². The van der Waals surface area contributed by atoms with Crippen LogP contribution in [0.3, 0.4) is 0 Å². The average Bonchev–Trinajstić information content (AvgIpc) is 2.76. The van der Waals surface area contributed by atoms with Gasteiger partial charge < -0.3 is 10.5 Å². The highest BCUT2D eigenvalue weighted by atomic mass is 16.5. The number of aromatic nitrogens is 2. The van der Waals surface area contributed by atoms with Crippen LogP contribution in [0.15, 0.2) is 18.2 Å². The van der Waals surface area contributed by atoms with E-state index in [1.54, 1.807) is 6.07 Å². The Labute approximate surface area is 131 Å². The molecular weight excluding hydrogens is 276 g/mol. The van der Waals surface area contributed by atoms with Crippen molar-refractivity contribution >= 4 is 0 Å². The molecule has 116 valence electrons. The first-order chi connectivity index (χ1) is 10.5. The molecule has 2 N–H and O–H groups in total. The van der Waals surface area contributed by atoms with Crippen LogP contribution in [0.2, 0.25) is 0 Å². The zero-order valence-electron chi connectivity index (χ0n) is 13.6. The van der Waals surface area contributed by atoms with Gasteiger partial charge in [-0.1, -0.05) is 13.8 Å². The van der Waals surface area contributed by atoms with E-state index in [9.17, 15) is 0 Å². The Hall–Kier alpha value is -2.32. The highest BCUT2D eigenvalue weighted by molar-refractivity contribution is 5.44. The molecule has 0 unspecified atom stereocenters. The minimum atomic E-state index is 0.243. The Kier molecular flexibility index (Phi) is 4.84. The molecule has 0 aliphatic rings. The van der Waals surface area contributed by atoms with Crippen molar-refractivity contribution in [3.05, 3.63) is 40.7 Å². The fraction of sp³-hybridized carbons (Fsp3) is 0.412. The van der Waals surface area contributed by atoms with E-state index in [1.807, 2.05) is 30.7 Å². The lowest BCUT2D eigenvalue weighted by atomic mass is 10.1. The quantitative estimate of drug-likeness (QED) is 0.919. The summed E-state index contributed by atoms with van der Waals surface area (Å²) in [6.45, 7) is 9.28. The molecule has 2 aromatic rings. The molecular formula is C17H22N4O. The van der Waals surface area contributed by atoms with E-state index in [4.69, 9.17) is 15.7 Å². The molecule has 0 radical (unpaired) electrons. The fourth-order valence-corrected chi connectivity index (χ4v) is 2.39. The van der Waals surface area contributed by atoms with Gasteiger partial charge in [0.1, 0.15) is 11.4 Å². The predicted molar refractivity (Wildman–Crippen MR) is 86.1 cm³/mol. The van der Waals surface area contributed by atoms with Crippen LogP contribution in [0.4, 0.5) is 0 Å². The van der Waals surface area contributed by atoms with Crippen LogP contribution >= 0.6 is 0 Å². The van der Waals surface area contributed by atoms with E-state index >= 15 is 0 Å². The highest BCUT2D eigenvalue weighted by Gasteiger charge is 2.19. The minimum absolute atomic E-state index is 0.243. The van der Waals surface area contributed by atoms with Crippen molar-refractivity contribution < 1.29 is 4.74 Å². The fourth-order valence-electron chi connectivity index (χ4n) is 2.39. The van der Waals surface area contributed by atoms with Gasteiger partial charge in [0.25, 0.3) is 0 Å². The Morgan fingerprint density at radius 2 is 2.05 bits per heavy atom. The first-order valence-corrected chi connectivity index (χ1v) is 7.43. The van der Waals surface area contributed by atoms with Crippen LogP contribution in [-0.2, 0) is 6.54 Å². The van der Waals surface area contributed by atoms with E-state index in [-0.39, 0.29) is 5.92 Å². The molecule has 22 heavy (non-hydrogen) atoms. The summed E-state index contributed by atoms with van der Waals surface area (Å²) >= 11 is 0. The minimum Gasteiger partial charge on any atom is -0.453 e. The van der Waals surface area contributed by atoms with Crippen LogP contribution in [0, 0.1) is 25.2 Å². The topological polar surface area (TPSA) is 76.9 Å². The Morgan fingerprint density at radius 3 is 2.64 bits per heavy atom.